The molecule has 0 amide bonds. The third kappa shape index (κ3) is 3.14. The van der Waals surface area contributed by atoms with E-state index in [0.717, 1.165) is 5.56 Å². The van der Waals surface area contributed by atoms with Gasteiger partial charge >= 0.3 is 0 Å². The highest BCUT2D eigenvalue weighted by molar-refractivity contribution is 7.96. The number of thiol groups is 1. The second kappa shape index (κ2) is 5.14. The molecule has 0 saturated carbocycles. The summed E-state index contributed by atoms with van der Waals surface area (Å²) < 4.78 is 0. The molecule has 3 nitrogen and oxygen atoms in total. The highest BCUT2D eigenvalue weighted by Crippen LogP contribution is 2.05. The van der Waals surface area contributed by atoms with E-state index in [1.807, 2.05) is 30.3 Å². The second-order valence-electron chi connectivity index (χ2n) is 3.14. The molecule has 0 aliphatic rings. The molecule has 14 heavy (non-hydrogen) atoms. The predicted molar refractivity (Wildman–Crippen MR) is 58.1 cm³/mol. The van der Waals surface area contributed by atoms with Crippen molar-refractivity contribution in [3.8, 4) is 0 Å². The van der Waals surface area contributed by atoms with E-state index in [0.29, 0.717) is 6.42 Å². The van der Waals surface area contributed by atoms with Gasteiger partial charge < -0.3 is 10.8 Å². The zero-order chi connectivity index (χ0) is 10.6. The molecule has 0 radical (unpaired) electrons. The molecule has 0 aliphatic heterocycles. The second-order valence-corrected chi connectivity index (χ2v) is 3.58. The summed E-state index contributed by atoms with van der Waals surface area (Å²) in [5.41, 5.74) is 6.62. The van der Waals surface area contributed by atoms with Crippen molar-refractivity contribution < 1.29 is 9.90 Å². The standard InChI is InChI=1S/C10H13NO2S/c11-8(9(12)10(13)14)6-7-4-2-1-3-5-7/h1-5,8-9,12H,6,11H2,(H,13,14)/t8-,9-/m1/s1. The molecule has 76 valence electrons. The summed E-state index contributed by atoms with van der Waals surface area (Å²) in [4.78, 5) is 10.7. The molecule has 0 spiro atoms. The number of aliphatic hydroxyl groups excluding tert-OH is 1. The molecule has 0 saturated heterocycles. The van der Waals surface area contributed by atoms with Gasteiger partial charge in [0, 0.05) is 6.04 Å². The minimum absolute atomic E-state index is 0.467. The number of nitrogens with two attached hydrogens (primary N) is 1. The van der Waals surface area contributed by atoms with Gasteiger partial charge in [-0.25, -0.2) is 0 Å². The van der Waals surface area contributed by atoms with Gasteiger partial charge in [-0.1, -0.05) is 30.3 Å². The molecule has 1 aromatic rings. The van der Waals surface area contributed by atoms with Crippen molar-refractivity contribution in [2.24, 2.45) is 5.73 Å². The van der Waals surface area contributed by atoms with Crippen molar-refractivity contribution in [3.63, 3.8) is 0 Å². The lowest BCUT2D eigenvalue weighted by Crippen LogP contribution is -2.40. The molecule has 0 aromatic heterocycles. The van der Waals surface area contributed by atoms with Crippen molar-refractivity contribution in [1.82, 2.24) is 0 Å². The summed E-state index contributed by atoms with van der Waals surface area (Å²) in [6.45, 7) is 0. The Hall–Kier alpha value is -0.840. The van der Waals surface area contributed by atoms with Crippen LogP contribution >= 0.6 is 12.6 Å². The minimum atomic E-state index is -1.20. The molecule has 0 aliphatic carbocycles. The van der Waals surface area contributed by atoms with Crippen LogP contribution in [-0.2, 0) is 11.2 Å². The van der Waals surface area contributed by atoms with Crippen LogP contribution in [0.2, 0.25) is 0 Å². The van der Waals surface area contributed by atoms with Crippen LogP contribution in [0, 0.1) is 0 Å². The molecule has 0 fully saturated rings. The third-order valence-corrected chi connectivity index (χ3v) is 2.24. The largest absolute Gasteiger partial charge is 0.383 e. The molecular formula is C10H13NO2S. The molecule has 2 atom stereocenters. The smallest absolute Gasteiger partial charge is 0.216 e. The Labute approximate surface area is 88.3 Å². The van der Waals surface area contributed by atoms with Crippen molar-refractivity contribution in [3.05, 3.63) is 35.9 Å². The summed E-state index contributed by atoms with van der Waals surface area (Å²) >= 11 is 3.53. The van der Waals surface area contributed by atoms with Gasteiger partial charge in [0.05, 0.1) is 0 Å². The number of hydrogen-bond acceptors (Lipinski definition) is 3. The van der Waals surface area contributed by atoms with E-state index in [1.165, 1.54) is 0 Å². The van der Waals surface area contributed by atoms with Crippen molar-refractivity contribution in [1.29, 1.82) is 0 Å². The molecule has 3 N–H and O–H groups in total. The van der Waals surface area contributed by atoms with E-state index >= 15 is 0 Å². The first-order chi connectivity index (χ1) is 6.61. The van der Waals surface area contributed by atoms with Gasteiger partial charge in [-0.05, 0) is 12.0 Å². The molecule has 1 rings (SSSR count). The van der Waals surface area contributed by atoms with E-state index in [9.17, 15) is 9.90 Å². The van der Waals surface area contributed by atoms with Crippen molar-refractivity contribution in [2.45, 2.75) is 18.6 Å². The van der Waals surface area contributed by atoms with E-state index in [2.05, 4.69) is 12.6 Å². The topological polar surface area (TPSA) is 63.3 Å². The lowest BCUT2D eigenvalue weighted by Gasteiger charge is -2.15. The van der Waals surface area contributed by atoms with Gasteiger partial charge in [0.2, 0.25) is 5.12 Å². The predicted octanol–water partition coefficient (Wildman–Crippen LogP) is 0.374. The number of benzene rings is 1. The Balaban J connectivity index is 2.57. The average Bonchev–Trinajstić information content (AvgIpc) is 2.18. The Morgan fingerprint density at radius 1 is 1.43 bits per heavy atom. The maximum Gasteiger partial charge on any atom is 0.216 e. The number of carbonyl (C=O) groups is 1. The van der Waals surface area contributed by atoms with Crippen LogP contribution in [0.4, 0.5) is 0 Å². The Kier molecular flexibility index (Phi) is 4.13. The van der Waals surface area contributed by atoms with Crippen molar-refractivity contribution in [2.75, 3.05) is 0 Å². The Bertz CT molecular complexity index is 302. The summed E-state index contributed by atoms with van der Waals surface area (Å²) in [5, 5.41) is 8.72. The Morgan fingerprint density at radius 2 is 2.00 bits per heavy atom. The monoisotopic (exact) mass is 211 g/mol. The lowest BCUT2D eigenvalue weighted by molar-refractivity contribution is -0.118. The van der Waals surface area contributed by atoms with Gasteiger partial charge in [0.25, 0.3) is 0 Å². The van der Waals surface area contributed by atoms with Gasteiger partial charge in [0.15, 0.2) is 0 Å². The zero-order valence-electron chi connectivity index (χ0n) is 7.63. The van der Waals surface area contributed by atoms with Gasteiger partial charge in [0.1, 0.15) is 6.10 Å². The summed E-state index contributed by atoms with van der Waals surface area (Å²) in [6.07, 6.45) is -0.729. The number of aliphatic hydroxyl groups is 1. The summed E-state index contributed by atoms with van der Waals surface area (Å²) in [5.74, 6) is 0. The van der Waals surface area contributed by atoms with Gasteiger partial charge in [-0.15, -0.1) is 12.6 Å². The van der Waals surface area contributed by atoms with Crippen molar-refractivity contribution >= 4 is 17.7 Å². The van der Waals surface area contributed by atoms with Gasteiger partial charge in [-0.2, -0.15) is 0 Å². The molecule has 1 aromatic carbocycles. The highest BCUT2D eigenvalue weighted by Gasteiger charge is 2.19. The normalized spacial score (nSPS) is 14.8. The fraction of sp³-hybridized carbons (Fsp3) is 0.300. The average molecular weight is 211 g/mol. The maximum absolute atomic E-state index is 10.7. The molecule has 4 heteroatoms. The first kappa shape index (κ1) is 11.2. The van der Waals surface area contributed by atoms with E-state index in [-0.39, 0.29) is 0 Å². The lowest BCUT2D eigenvalue weighted by atomic mass is 10.0. The first-order valence-corrected chi connectivity index (χ1v) is 4.76. The minimum Gasteiger partial charge on any atom is -0.383 e. The van der Waals surface area contributed by atoms with E-state index < -0.39 is 17.3 Å². The number of rotatable bonds is 4. The SMILES string of the molecule is N[C@H](Cc1ccccc1)[C@@H](O)C(=O)S. The number of hydrogen-bond donors (Lipinski definition) is 3. The van der Waals surface area contributed by atoms with Crippen LogP contribution in [0.15, 0.2) is 30.3 Å². The highest BCUT2D eigenvalue weighted by atomic mass is 32.1. The third-order valence-electron chi connectivity index (χ3n) is 1.97. The summed E-state index contributed by atoms with van der Waals surface area (Å²) in [7, 11) is 0. The first-order valence-electron chi connectivity index (χ1n) is 4.31. The van der Waals surface area contributed by atoms with E-state index in [1.54, 1.807) is 0 Å². The molecule has 0 heterocycles. The van der Waals surface area contributed by atoms with E-state index in [4.69, 9.17) is 5.73 Å². The van der Waals surface area contributed by atoms with Crippen LogP contribution in [-0.4, -0.2) is 22.4 Å². The van der Waals surface area contributed by atoms with Gasteiger partial charge in [-0.3, -0.25) is 4.79 Å². The molecular weight excluding hydrogens is 198 g/mol. The summed E-state index contributed by atoms with van der Waals surface area (Å²) in [6, 6.07) is 8.87. The Morgan fingerprint density at radius 3 is 2.50 bits per heavy atom. The zero-order valence-corrected chi connectivity index (χ0v) is 8.52. The van der Waals surface area contributed by atoms with Crippen LogP contribution in [0.1, 0.15) is 5.56 Å². The van der Waals surface area contributed by atoms with Crippen LogP contribution in [0.5, 0.6) is 0 Å². The molecule has 0 bridgehead atoms. The van der Waals surface area contributed by atoms with Crippen LogP contribution in [0.3, 0.4) is 0 Å². The quantitative estimate of drug-likeness (QED) is 0.631. The maximum atomic E-state index is 10.7. The van der Waals surface area contributed by atoms with Crippen LogP contribution < -0.4 is 5.73 Å². The fourth-order valence-electron chi connectivity index (χ4n) is 1.18. The fourth-order valence-corrected chi connectivity index (χ4v) is 1.37. The number of carbonyl (C=O) groups excluding carboxylic acids is 1. The molecule has 0 unspecified atom stereocenters. The van der Waals surface area contributed by atoms with Crippen LogP contribution in [0.25, 0.3) is 0 Å².